The number of carboxylic acid groups (broad SMARTS) is 1. The predicted molar refractivity (Wildman–Crippen MR) is 117 cm³/mol. The molecule has 5 rings (SSSR count). The number of nitrogens with zero attached hydrogens (tertiary/aromatic N) is 4. The third kappa shape index (κ3) is 3.66. The van der Waals surface area contributed by atoms with Crippen LogP contribution in [0.3, 0.4) is 0 Å². The molecule has 0 bridgehead atoms. The number of methoxy groups -OCH3 is 1. The second-order valence-corrected chi connectivity index (χ2v) is 7.72. The van der Waals surface area contributed by atoms with Gasteiger partial charge in [-0.25, -0.2) is 14.5 Å². The van der Waals surface area contributed by atoms with E-state index in [4.69, 9.17) is 15.5 Å². The van der Waals surface area contributed by atoms with Crippen LogP contribution in [0, 0.1) is 5.92 Å². The summed E-state index contributed by atoms with van der Waals surface area (Å²) in [6, 6.07) is 7.85. The maximum Gasteiger partial charge on any atom is 0.306 e. The number of benzene rings is 1. The van der Waals surface area contributed by atoms with E-state index in [-0.39, 0.29) is 41.4 Å². The number of imidazole rings is 1. The van der Waals surface area contributed by atoms with Crippen LogP contribution in [0.5, 0.6) is 5.75 Å². The SMILES string of the molecule is COc1cccc2cc(-c3nc(C4CCC(C(=O)O)CC4)n4ncnc(N)c34)[nH]c12.[Na]. The van der Waals surface area contributed by atoms with E-state index < -0.39 is 5.97 Å². The molecule has 9 nitrogen and oxygen atoms in total. The molecule has 1 aliphatic carbocycles. The zero-order valence-electron chi connectivity index (χ0n) is 17.5. The van der Waals surface area contributed by atoms with E-state index in [1.807, 2.05) is 24.3 Å². The summed E-state index contributed by atoms with van der Waals surface area (Å²) in [4.78, 5) is 23.8. The van der Waals surface area contributed by atoms with Gasteiger partial charge in [0.1, 0.15) is 29.1 Å². The monoisotopic (exact) mass is 429 g/mol. The molecule has 1 radical (unpaired) electrons. The largest absolute Gasteiger partial charge is 0.495 e. The Hall–Kier alpha value is -2.62. The molecule has 1 aromatic carbocycles. The normalized spacial score (nSPS) is 18.7. The van der Waals surface area contributed by atoms with Crippen LogP contribution in [-0.2, 0) is 4.79 Å². The van der Waals surface area contributed by atoms with Gasteiger partial charge in [-0.3, -0.25) is 4.79 Å². The molecule has 31 heavy (non-hydrogen) atoms. The second kappa shape index (κ2) is 8.49. The maximum absolute atomic E-state index is 11.3. The molecule has 3 heterocycles. The molecule has 1 aliphatic rings. The van der Waals surface area contributed by atoms with E-state index in [9.17, 15) is 9.90 Å². The van der Waals surface area contributed by atoms with Gasteiger partial charge in [-0.2, -0.15) is 5.10 Å². The van der Waals surface area contributed by atoms with E-state index in [1.54, 1.807) is 11.6 Å². The third-order valence-corrected chi connectivity index (χ3v) is 6.02. The van der Waals surface area contributed by atoms with E-state index in [2.05, 4.69) is 15.1 Å². The summed E-state index contributed by atoms with van der Waals surface area (Å²) in [5, 5.41) is 14.7. The molecule has 0 unspecified atom stereocenters. The number of anilines is 1. The Morgan fingerprint density at radius 1 is 1.29 bits per heavy atom. The quantitative estimate of drug-likeness (QED) is 0.425. The number of H-pyrrole nitrogens is 1. The van der Waals surface area contributed by atoms with Crippen LogP contribution < -0.4 is 10.5 Å². The number of para-hydroxylation sites is 1. The number of ether oxygens (including phenoxy) is 1. The van der Waals surface area contributed by atoms with Crippen LogP contribution in [0.25, 0.3) is 27.8 Å². The van der Waals surface area contributed by atoms with E-state index in [1.165, 1.54) is 6.33 Å². The van der Waals surface area contributed by atoms with Crippen molar-refractivity contribution >= 4 is 57.8 Å². The minimum Gasteiger partial charge on any atom is -0.495 e. The van der Waals surface area contributed by atoms with Crippen LogP contribution in [0.15, 0.2) is 30.6 Å². The van der Waals surface area contributed by atoms with Crippen LogP contribution in [-0.4, -0.2) is 72.3 Å². The molecular formula is C21H22N6NaO3. The number of carbonyl (C=O) groups is 1. The molecule has 0 spiro atoms. The first-order valence-electron chi connectivity index (χ1n) is 9.94. The number of aromatic amines is 1. The Labute approximate surface area is 200 Å². The van der Waals surface area contributed by atoms with Gasteiger partial charge in [0.25, 0.3) is 0 Å². The fourth-order valence-corrected chi connectivity index (χ4v) is 4.45. The minimum absolute atomic E-state index is 0. The van der Waals surface area contributed by atoms with Crippen molar-refractivity contribution in [3.63, 3.8) is 0 Å². The number of rotatable bonds is 4. The third-order valence-electron chi connectivity index (χ3n) is 6.02. The molecule has 10 heteroatoms. The standard InChI is InChI=1S/C21H22N6O3.Na/c1-30-15-4-2-3-13-9-14(25-16(13)15)17-18-19(22)23-10-24-27(18)20(26-17)11-5-7-12(8-6-11)21(28)29;/h2-4,9-12,25H,5-8H2,1H3,(H,28,29)(H2,22,23,24);. The molecule has 0 amide bonds. The summed E-state index contributed by atoms with van der Waals surface area (Å²) in [6.45, 7) is 0. The number of carboxylic acids is 1. The number of aliphatic carboxylic acids is 1. The van der Waals surface area contributed by atoms with Gasteiger partial charge in [-0.05, 0) is 37.8 Å². The molecule has 1 fully saturated rings. The summed E-state index contributed by atoms with van der Waals surface area (Å²) >= 11 is 0. The van der Waals surface area contributed by atoms with Crippen LogP contribution >= 0.6 is 0 Å². The number of hydrogen-bond donors (Lipinski definition) is 3. The number of aromatic nitrogens is 5. The van der Waals surface area contributed by atoms with E-state index in [0.717, 1.165) is 41.0 Å². The van der Waals surface area contributed by atoms with Crippen molar-refractivity contribution < 1.29 is 14.6 Å². The van der Waals surface area contributed by atoms with Gasteiger partial charge in [0, 0.05) is 40.9 Å². The Morgan fingerprint density at radius 3 is 2.77 bits per heavy atom. The fraction of sp³-hybridized carbons (Fsp3) is 0.333. The van der Waals surface area contributed by atoms with Crippen LogP contribution in [0.2, 0.25) is 0 Å². The van der Waals surface area contributed by atoms with Crippen molar-refractivity contribution in [3.05, 3.63) is 36.4 Å². The van der Waals surface area contributed by atoms with Crippen LogP contribution in [0.1, 0.15) is 37.4 Å². The first-order valence-corrected chi connectivity index (χ1v) is 9.94. The Morgan fingerprint density at radius 2 is 2.06 bits per heavy atom. The molecule has 0 atom stereocenters. The van der Waals surface area contributed by atoms with Crippen molar-refractivity contribution in [2.24, 2.45) is 5.92 Å². The van der Waals surface area contributed by atoms with E-state index >= 15 is 0 Å². The first-order chi connectivity index (χ1) is 14.6. The summed E-state index contributed by atoms with van der Waals surface area (Å²) < 4.78 is 7.22. The molecule has 1 saturated carbocycles. The smallest absolute Gasteiger partial charge is 0.306 e. The average Bonchev–Trinajstić information content (AvgIpc) is 3.36. The van der Waals surface area contributed by atoms with E-state index in [0.29, 0.717) is 29.9 Å². The number of hydrogen-bond acceptors (Lipinski definition) is 6. The maximum atomic E-state index is 11.3. The van der Waals surface area contributed by atoms with Crippen molar-refractivity contribution in [3.8, 4) is 17.1 Å². The minimum atomic E-state index is -0.722. The Kier molecular flexibility index (Phi) is 5.92. The van der Waals surface area contributed by atoms with Crippen molar-refractivity contribution in [2.75, 3.05) is 12.8 Å². The van der Waals surface area contributed by atoms with Gasteiger partial charge in [0.15, 0.2) is 5.82 Å². The van der Waals surface area contributed by atoms with Gasteiger partial charge < -0.3 is 20.6 Å². The van der Waals surface area contributed by atoms with Crippen molar-refractivity contribution in [1.29, 1.82) is 0 Å². The van der Waals surface area contributed by atoms with Gasteiger partial charge in [0.05, 0.1) is 24.2 Å². The summed E-state index contributed by atoms with van der Waals surface area (Å²) in [5.41, 5.74) is 9.24. The zero-order valence-corrected chi connectivity index (χ0v) is 19.5. The van der Waals surface area contributed by atoms with Crippen molar-refractivity contribution in [2.45, 2.75) is 31.6 Å². The number of nitrogens with two attached hydrogens (primary N) is 1. The van der Waals surface area contributed by atoms with Crippen molar-refractivity contribution in [1.82, 2.24) is 24.6 Å². The molecule has 0 saturated heterocycles. The number of nitrogens with one attached hydrogen (secondary N) is 1. The second-order valence-electron chi connectivity index (χ2n) is 7.72. The fourth-order valence-electron chi connectivity index (χ4n) is 4.45. The van der Waals surface area contributed by atoms with Gasteiger partial charge in [-0.15, -0.1) is 0 Å². The molecule has 155 valence electrons. The molecule has 4 N–H and O–H groups in total. The summed E-state index contributed by atoms with van der Waals surface area (Å²) in [6.07, 6.45) is 4.19. The molecule has 3 aromatic heterocycles. The number of fused-ring (bicyclic) bond motifs is 2. The topological polar surface area (TPSA) is 131 Å². The molecule has 0 aliphatic heterocycles. The van der Waals surface area contributed by atoms with Gasteiger partial charge in [-0.1, -0.05) is 12.1 Å². The predicted octanol–water partition coefficient (Wildman–Crippen LogP) is 2.84. The Balaban J connectivity index is 0.00000231. The van der Waals surface area contributed by atoms with Gasteiger partial charge >= 0.3 is 5.97 Å². The Bertz CT molecular complexity index is 1260. The average molecular weight is 429 g/mol. The zero-order chi connectivity index (χ0) is 20.8. The molecular weight excluding hydrogens is 407 g/mol. The summed E-state index contributed by atoms with van der Waals surface area (Å²) in [5.74, 6) is 1.01. The van der Waals surface area contributed by atoms with Crippen LogP contribution in [0.4, 0.5) is 5.82 Å². The number of nitrogen functional groups attached to an aromatic ring is 1. The molecule has 4 aromatic rings. The van der Waals surface area contributed by atoms with Gasteiger partial charge in [0.2, 0.25) is 0 Å². The summed E-state index contributed by atoms with van der Waals surface area (Å²) in [7, 11) is 1.64. The first kappa shape index (κ1) is 21.6.